The second-order valence-electron chi connectivity index (χ2n) is 8.67. The Bertz CT molecular complexity index is 1170. The van der Waals surface area contributed by atoms with E-state index in [0.29, 0.717) is 6.61 Å². The van der Waals surface area contributed by atoms with Crippen molar-refractivity contribution in [3.8, 4) is 33.9 Å². The van der Waals surface area contributed by atoms with Crippen molar-refractivity contribution in [2.75, 3.05) is 51.7 Å². The fourth-order valence-electron chi connectivity index (χ4n) is 3.80. The Morgan fingerprint density at radius 3 is 1.79 bits per heavy atom. The van der Waals surface area contributed by atoms with Crippen LogP contribution < -0.4 is 9.80 Å². The van der Waals surface area contributed by atoms with Crippen LogP contribution in [0.15, 0.2) is 78.9 Å². The van der Waals surface area contributed by atoms with Crippen molar-refractivity contribution in [2.45, 2.75) is 0 Å². The summed E-state index contributed by atoms with van der Waals surface area (Å²) in [6.45, 7) is 0.603. The zero-order valence-electron chi connectivity index (χ0n) is 20.5. The highest BCUT2D eigenvalue weighted by atomic mass is 16.5. The molecule has 4 aromatic rings. The molecule has 0 saturated carbocycles. The monoisotopic (exact) mass is 452 g/mol. The van der Waals surface area contributed by atoms with Crippen molar-refractivity contribution >= 4 is 17.5 Å². The van der Waals surface area contributed by atoms with Crippen LogP contribution in [0.5, 0.6) is 0 Å². The van der Waals surface area contributed by atoms with Crippen molar-refractivity contribution in [3.05, 3.63) is 84.4 Å². The lowest BCUT2D eigenvalue weighted by Gasteiger charge is -2.13. The maximum atomic E-state index is 5.09. The number of aromatic amines is 1. The lowest BCUT2D eigenvalue weighted by Crippen LogP contribution is -2.08. The van der Waals surface area contributed by atoms with Gasteiger partial charge in [-0.05, 0) is 29.8 Å². The van der Waals surface area contributed by atoms with Crippen LogP contribution in [0.1, 0.15) is 5.56 Å². The van der Waals surface area contributed by atoms with E-state index in [1.54, 1.807) is 7.11 Å². The molecule has 1 aromatic heterocycles. The van der Waals surface area contributed by atoms with Crippen LogP contribution >= 0.6 is 0 Å². The van der Waals surface area contributed by atoms with E-state index >= 15 is 0 Å². The summed E-state index contributed by atoms with van der Waals surface area (Å²) in [6, 6.07) is 25.5. The van der Waals surface area contributed by atoms with Crippen LogP contribution in [0, 0.1) is 0 Å². The fourth-order valence-corrected chi connectivity index (χ4v) is 3.80. The van der Waals surface area contributed by atoms with Gasteiger partial charge < -0.3 is 19.5 Å². The van der Waals surface area contributed by atoms with Crippen molar-refractivity contribution in [3.63, 3.8) is 0 Å². The zero-order valence-corrected chi connectivity index (χ0v) is 20.5. The van der Waals surface area contributed by atoms with E-state index < -0.39 is 0 Å². The van der Waals surface area contributed by atoms with E-state index in [1.807, 2.05) is 20.2 Å². The highest BCUT2D eigenvalue weighted by Crippen LogP contribution is 2.34. The topological polar surface area (TPSA) is 44.4 Å². The van der Waals surface area contributed by atoms with Gasteiger partial charge in [-0.1, -0.05) is 60.7 Å². The number of hydrogen-bond donors (Lipinski definition) is 1. The van der Waals surface area contributed by atoms with Crippen LogP contribution in [0.3, 0.4) is 0 Å². The van der Waals surface area contributed by atoms with Gasteiger partial charge in [-0.15, -0.1) is 0 Å². The van der Waals surface area contributed by atoms with Crippen molar-refractivity contribution in [1.29, 1.82) is 0 Å². The molecule has 0 spiro atoms. The molecule has 1 heterocycles. The molecule has 0 bridgehead atoms. The van der Waals surface area contributed by atoms with Gasteiger partial charge in [-0.3, -0.25) is 0 Å². The molecular formula is C29H32N4O. The lowest BCUT2D eigenvalue weighted by molar-refractivity contribution is 0.234. The predicted octanol–water partition coefficient (Wildman–Crippen LogP) is 6.20. The molecule has 4 rings (SSSR count). The van der Waals surface area contributed by atoms with Gasteiger partial charge in [0.2, 0.25) is 0 Å². The number of aromatic nitrogens is 2. The Morgan fingerprint density at radius 2 is 1.26 bits per heavy atom. The highest BCUT2D eigenvalue weighted by Gasteiger charge is 2.16. The molecule has 0 aliphatic heterocycles. The Labute approximate surface area is 202 Å². The third-order valence-electron chi connectivity index (χ3n) is 5.79. The highest BCUT2D eigenvalue weighted by molar-refractivity contribution is 5.82. The third kappa shape index (κ3) is 5.21. The maximum absolute atomic E-state index is 5.09. The maximum Gasteiger partial charge on any atom is 0.138 e. The van der Waals surface area contributed by atoms with E-state index in [4.69, 9.17) is 9.72 Å². The number of rotatable bonds is 8. The Balaban J connectivity index is 1.75. The zero-order chi connectivity index (χ0) is 24.1. The van der Waals surface area contributed by atoms with Gasteiger partial charge in [-0.25, -0.2) is 4.98 Å². The summed E-state index contributed by atoms with van der Waals surface area (Å²) in [5.74, 6) is 0.853. The molecule has 0 amide bonds. The van der Waals surface area contributed by atoms with E-state index in [1.165, 1.54) is 0 Å². The van der Waals surface area contributed by atoms with Gasteiger partial charge in [0.25, 0.3) is 0 Å². The van der Waals surface area contributed by atoms with Crippen molar-refractivity contribution in [2.24, 2.45) is 0 Å². The lowest BCUT2D eigenvalue weighted by atomic mass is 10.0. The second-order valence-corrected chi connectivity index (χ2v) is 8.67. The molecule has 1 N–H and O–H groups in total. The standard InChI is InChI=1S/C29H32N4O/c1-32(2)25-16-12-22(13-17-25)27-28(23-14-18-26(19-15-23)33(3)4)31-29(30-27)24-10-8-21(9-11-24)7-6-20-34-5/h6-19H,20H2,1-5H3,(H,30,31)/b7-6+. The molecule has 3 aromatic carbocycles. The molecule has 0 aliphatic rings. The first-order chi connectivity index (χ1) is 16.5. The van der Waals surface area contributed by atoms with Crippen LogP contribution in [0.4, 0.5) is 11.4 Å². The minimum absolute atomic E-state index is 0.603. The van der Waals surface area contributed by atoms with Crippen LogP contribution in [-0.2, 0) is 4.74 Å². The van der Waals surface area contributed by atoms with Crippen LogP contribution in [0.2, 0.25) is 0 Å². The summed E-state index contributed by atoms with van der Waals surface area (Å²) in [5, 5.41) is 0. The Morgan fingerprint density at radius 1 is 0.735 bits per heavy atom. The minimum atomic E-state index is 0.603. The van der Waals surface area contributed by atoms with Crippen molar-refractivity contribution < 1.29 is 4.74 Å². The summed E-state index contributed by atoms with van der Waals surface area (Å²) in [4.78, 5) is 12.8. The summed E-state index contributed by atoms with van der Waals surface area (Å²) in [7, 11) is 9.90. The number of benzene rings is 3. The largest absolute Gasteiger partial charge is 0.381 e. The normalized spacial score (nSPS) is 11.2. The average Bonchev–Trinajstić information content (AvgIpc) is 3.30. The van der Waals surface area contributed by atoms with E-state index in [2.05, 4.69) is 108 Å². The van der Waals surface area contributed by atoms with E-state index in [9.17, 15) is 0 Å². The van der Waals surface area contributed by atoms with Crippen molar-refractivity contribution in [1.82, 2.24) is 9.97 Å². The molecular weight excluding hydrogens is 420 g/mol. The number of H-pyrrole nitrogens is 1. The summed E-state index contributed by atoms with van der Waals surface area (Å²) < 4.78 is 5.09. The summed E-state index contributed by atoms with van der Waals surface area (Å²) in [5.41, 5.74) is 8.65. The first kappa shape index (κ1) is 23.3. The number of hydrogen-bond acceptors (Lipinski definition) is 4. The van der Waals surface area contributed by atoms with Gasteiger partial charge in [0.15, 0.2) is 0 Å². The van der Waals surface area contributed by atoms with E-state index in [0.717, 1.165) is 50.8 Å². The molecule has 0 unspecified atom stereocenters. The van der Waals surface area contributed by atoms with Gasteiger partial charge in [0, 0.05) is 63.4 Å². The molecule has 0 atom stereocenters. The quantitative estimate of drug-likeness (QED) is 0.346. The smallest absolute Gasteiger partial charge is 0.138 e. The third-order valence-corrected chi connectivity index (χ3v) is 5.79. The first-order valence-electron chi connectivity index (χ1n) is 11.4. The Kier molecular flexibility index (Phi) is 7.14. The average molecular weight is 453 g/mol. The second kappa shape index (κ2) is 10.4. The number of methoxy groups -OCH3 is 1. The van der Waals surface area contributed by atoms with Crippen LogP contribution in [-0.4, -0.2) is 51.9 Å². The molecule has 0 radical (unpaired) electrons. The fraction of sp³-hybridized carbons (Fsp3) is 0.207. The molecule has 0 saturated heterocycles. The van der Waals surface area contributed by atoms with Crippen LogP contribution in [0.25, 0.3) is 40.0 Å². The predicted molar refractivity (Wildman–Crippen MR) is 144 cm³/mol. The summed E-state index contributed by atoms with van der Waals surface area (Å²) >= 11 is 0. The number of imidazole rings is 1. The molecule has 34 heavy (non-hydrogen) atoms. The molecule has 174 valence electrons. The number of anilines is 2. The number of nitrogens with zero attached hydrogens (tertiary/aromatic N) is 3. The first-order valence-corrected chi connectivity index (χ1v) is 11.4. The SMILES string of the molecule is COC/C=C/c1ccc(-c2nc(-c3ccc(N(C)C)cc3)c(-c3ccc(N(C)C)cc3)[nH]2)cc1. The van der Waals surface area contributed by atoms with Gasteiger partial charge in [0.05, 0.1) is 18.0 Å². The molecule has 0 aliphatic carbocycles. The molecule has 5 nitrogen and oxygen atoms in total. The number of nitrogens with one attached hydrogen (secondary N) is 1. The number of ether oxygens (including phenoxy) is 1. The summed E-state index contributed by atoms with van der Waals surface area (Å²) in [6.07, 6.45) is 4.07. The Hall–Kier alpha value is -3.83. The molecule has 0 fully saturated rings. The minimum Gasteiger partial charge on any atom is -0.381 e. The van der Waals surface area contributed by atoms with Gasteiger partial charge in [-0.2, -0.15) is 0 Å². The molecule has 5 heteroatoms. The van der Waals surface area contributed by atoms with Gasteiger partial charge >= 0.3 is 0 Å². The van der Waals surface area contributed by atoms with Gasteiger partial charge in [0.1, 0.15) is 5.82 Å². The van der Waals surface area contributed by atoms with E-state index in [-0.39, 0.29) is 0 Å².